The lowest BCUT2D eigenvalue weighted by Crippen LogP contribution is -2.41. The third-order valence-electron chi connectivity index (χ3n) is 6.17. The van der Waals surface area contributed by atoms with Crippen LogP contribution in [0.3, 0.4) is 0 Å². The van der Waals surface area contributed by atoms with Gasteiger partial charge in [0, 0.05) is 32.6 Å². The lowest BCUT2D eigenvalue weighted by atomic mass is 10.0. The molecule has 0 radical (unpaired) electrons. The van der Waals surface area contributed by atoms with Gasteiger partial charge in [-0.3, -0.25) is 23.9 Å². The predicted molar refractivity (Wildman–Crippen MR) is 129 cm³/mol. The van der Waals surface area contributed by atoms with E-state index >= 15 is 0 Å². The zero-order chi connectivity index (χ0) is 24.8. The molecule has 2 aromatic rings. The fourth-order valence-corrected chi connectivity index (χ4v) is 4.43. The van der Waals surface area contributed by atoms with Crippen LogP contribution in [0.1, 0.15) is 65.6 Å². The molecule has 1 amide bonds. The van der Waals surface area contributed by atoms with Gasteiger partial charge in [-0.05, 0) is 31.1 Å². The summed E-state index contributed by atoms with van der Waals surface area (Å²) < 4.78 is 8.54. The Morgan fingerprint density at radius 1 is 1.24 bits per heavy atom. The summed E-state index contributed by atoms with van der Waals surface area (Å²) in [5.74, 6) is 0.582. The molecule has 0 spiro atoms. The molecule has 2 aromatic heterocycles. The van der Waals surface area contributed by atoms with Gasteiger partial charge in [0.25, 0.3) is 11.5 Å². The number of hydrogen-bond donors (Lipinski definition) is 1. The molecular weight excluding hydrogens is 438 g/mol. The van der Waals surface area contributed by atoms with E-state index in [1.165, 1.54) is 4.57 Å². The number of piperidine rings is 1. The van der Waals surface area contributed by atoms with Gasteiger partial charge in [-0.1, -0.05) is 34.1 Å². The molecule has 0 bridgehead atoms. The molecule has 188 valence electrons. The van der Waals surface area contributed by atoms with Crippen LogP contribution in [0.15, 0.2) is 9.59 Å². The van der Waals surface area contributed by atoms with Crippen LogP contribution in [0.5, 0.6) is 0 Å². The molecule has 3 rings (SSSR count). The first-order valence-electron chi connectivity index (χ1n) is 12.4. The average molecular weight is 476 g/mol. The molecule has 1 atom stereocenters. The second-order valence-corrected chi connectivity index (χ2v) is 9.72. The minimum atomic E-state index is -0.487. The highest BCUT2D eigenvalue weighted by molar-refractivity contribution is 5.80. The molecule has 10 nitrogen and oxygen atoms in total. The molecule has 1 aliphatic heterocycles. The number of nitrogens with zero attached hydrogens (tertiary/aromatic N) is 4. The van der Waals surface area contributed by atoms with Gasteiger partial charge in [0.2, 0.25) is 0 Å². The molecular formula is C24H37N5O5. The monoisotopic (exact) mass is 475 g/mol. The van der Waals surface area contributed by atoms with Crippen LogP contribution in [0.2, 0.25) is 0 Å². The second-order valence-electron chi connectivity index (χ2n) is 9.72. The van der Waals surface area contributed by atoms with Crippen molar-refractivity contribution in [3.05, 3.63) is 26.7 Å². The summed E-state index contributed by atoms with van der Waals surface area (Å²) in [6.45, 7) is 10.3. The van der Waals surface area contributed by atoms with E-state index in [9.17, 15) is 19.2 Å². The van der Waals surface area contributed by atoms with Crippen molar-refractivity contribution in [3.8, 4) is 0 Å². The maximum Gasteiger partial charge on any atom is 0.330 e. The van der Waals surface area contributed by atoms with Crippen LogP contribution in [0.25, 0.3) is 11.2 Å². The normalized spacial score (nSPS) is 16.4. The number of carbonyl (C=O) groups excluding carboxylic acids is 2. The first kappa shape index (κ1) is 25.7. The number of H-pyrrole nitrogens is 1. The molecule has 0 aliphatic carbocycles. The fourth-order valence-electron chi connectivity index (χ4n) is 4.43. The van der Waals surface area contributed by atoms with Gasteiger partial charge in [-0.15, -0.1) is 0 Å². The van der Waals surface area contributed by atoms with Crippen molar-refractivity contribution in [2.45, 2.75) is 79.3 Å². The molecule has 10 heteroatoms. The van der Waals surface area contributed by atoms with Crippen LogP contribution in [-0.2, 0) is 33.8 Å². The van der Waals surface area contributed by atoms with E-state index < -0.39 is 17.2 Å². The Balaban J connectivity index is 1.74. The molecule has 34 heavy (non-hydrogen) atoms. The Morgan fingerprint density at radius 3 is 2.68 bits per heavy atom. The van der Waals surface area contributed by atoms with E-state index in [-0.39, 0.29) is 31.3 Å². The highest BCUT2D eigenvalue weighted by Crippen LogP contribution is 2.17. The molecule has 1 saturated heterocycles. The van der Waals surface area contributed by atoms with E-state index in [0.29, 0.717) is 49.1 Å². The lowest BCUT2D eigenvalue weighted by molar-refractivity contribution is -0.152. The molecule has 3 heterocycles. The number of aromatic amines is 1. The summed E-state index contributed by atoms with van der Waals surface area (Å²) in [5, 5.41) is 0. The van der Waals surface area contributed by atoms with Gasteiger partial charge in [0.1, 0.15) is 5.82 Å². The number of nitrogens with one attached hydrogen (secondary N) is 1. The summed E-state index contributed by atoms with van der Waals surface area (Å²) in [6, 6.07) is 0. The van der Waals surface area contributed by atoms with Gasteiger partial charge in [0.05, 0.1) is 6.42 Å². The Bertz CT molecular complexity index is 1130. The second kappa shape index (κ2) is 11.5. The van der Waals surface area contributed by atoms with Crippen molar-refractivity contribution in [2.75, 3.05) is 19.7 Å². The average Bonchev–Trinajstić information content (AvgIpc) is 3.13. The smallest absolute Gasteiger partial charge is 0.330 e. The Morgan fingerprint density at radius 2 is 2.00 bits per heavy atom. The van der Waals surface area contributed by atoms with Gasteiger partial charge >= 0.3 is 11.7 Å². The third-order valence-corrected chi connectivity index (χ3v) is 6.17. The number of likely N-dealkylation sites (tertiary alicyclic amines) is 1. The summed E-state index contributed by atoms with van der Waals surface area (Å²) in [4.78, 5) is 58.6. The lowest BCUT2D eigenvalue weighted by Gasteiger charge is -2.30. The highest BCUT2D eigenvalue weighted by atomic mass is 16.5. The minimum absolute atomic E-state index is 0.0300. The first-order chi connectivity index (χ1) is 16.2. The van der Waals surface area contributed by atoms with Gasteiger partial charge in [0.15, 0.2) is 17.8 Å². The zero-order valence-electron chi connectivity index (χ0n) is 20.8. The number of unbranched alkanes of at least 4 members (excludes halogenated alkanes) is 1. The number of aryl methyl sites for hydroxylation is 2. The number of amides is 1. The number of carbonyl (C=O) groups is 2. The largest absolute Gasteiger partial charge is 0.456 e. The number of hydrogen-bond acceptors (Lipinski definition) is 6. The number of imidazole rings is 1. The zero-order valence-corrected chi connectivity index (χ0v) is 20.8. The van der Waals surface area contributed by atoms with Crippen LogP contribution < -0.4 is 11.2 Å². The molecule has 1 aliphatic rings. The SMILES string of the molecule is CCCCn1c(=O)[nH]c(=O)c2c1nc(CCC(=O)OCC(=O)N1CCCC(C)C1)n2CC(C)C. The van der Waals surface area contributed by atoms with Crippen molar-refractivity contribution in [2.24, 2.45) is 11.8 Å². The highest BCUT2D eigenvalue weighted by Gasteiger charge is 2.23. The Labute approximate surface area is 199 Å². The van der Waals surface area contributed by atoms with E-state index in [4.69, 9.17) is 4.74 Å². The van der Waals surface area contributed by atoms with Crippen molar-refractivity contribution >= 4 is 23.0 Å². The number of esters is 1. The minimum Gasteiger partial charge on any atom is -0.456 e. The van der Waals surface area contributed by atoms with Gasteiger partial charge < -0.3 is 14.2 Å². The summed E-state index contributed by atoms with van der Waals surface area (Å²) in [6.07, 6.45) is 4.03. The van der Waals surface area contributed by atoms with E-state index in [1.54, 1.807) is 9.47 Å². The molecule has 1 fully saturated rings. The number of fused-ring (bicyclic) bond motifs is 1. The van der Waals surface area contributed by atoms with E-state index in [2.05, 4.69) is 16.9 Å². The van der Waals surface area contributed by atoms with Crippen LogP contribution in [0, 0.1) is 11.8 Å². The van der Waals surface area contributed by atoms with E-state index in [0.717, 1.165) is 25.7 Å². The van der Waals surface area contributed by atoms with Crippen molar-refractivity contribution in [1.29, 1.82) is 0 Å². The van der Waals surface area contributed by atoms with Crippen LogP contribution >= 0.6 is 0 Å². The summed E-state index contributed by atoms with van der Waals surface area (Å²) in [7, 11) is 0. The fraction of sp³-hybridized carbons (Fsp3) is 0.708. The Kier molecular flexibility index (Phi) is 8.68. The van der Waals surface area contributed by atoms with Crippen LogP contribution in [-0.4, -0.2) is 55.6 Å². The van der Waals surface area contributed by atoms with Crippen LogP contribution in [0.4, 0.5) is 0 Å². The maximum absolute atomic E-state index is 12.7. The first-order valence-corrected chi connectivity index (χ1v) is 12.4. The molecule has 0 saturated carbocycles. The molecule has 1 unspecified atom stereocenters. The van der Waals surface area contributed by atoms with E-state index in [1.807, 2.05) is 20.8 Å². The van der Waals surface area contributed by atoms with Crippen molar-refractivity contribution in [1.82, 2.24) is 24.0 Å². The quantitative estimate of drug-likeness (QED) is 0.526. The summed E-state index contributed by atoms with van der Waals surface area (Å²) in [5.41, 5.74) is -0.254. The predicted octanol–water partition coefficient (Wildman–Crippen LogP) is 2.08. The summed E-state index contributed by atoms with van der Waals surface area (Å²) >= 11 is 0. The Hall–Kier alpha value is -2.91. The number of rotatable bonds is 10. The number of aromatic nitrogens is 4. The van der Waals surface area contributed by atoms with Crippen molar-refractivity contribution < 1.29 is 14.3 Å². The van der Waals surface area contributed by atoms with Crippen molar-refractivity contribution in [3.63, 3.8) is 0 Å². The van der Waals surface area contributed by atoms with Gasteiger partial charge in [-0.2, -0.15) is 0 Å². The maximum atomic E-state index is 12.7. The standard InChI is InChI=1S/C24H37N5O5/c1-5-6-12-28-22-21(23(32)26-24(28)33)29(13-16(2)3)18(25-22)9-10-20(31)34-15-19(30)27-11-7-8-17(4)14-27/h16-17H,5-15H2,1-4H3,(H,26,32,33). The van der Waals surface area contributed by atoms with Gasteiger partial charge in [-0.25, -0.2) is 9.78 Å². The topological polar surface area (TPSA) is 119 Å². The molecule has 0 aromatic carbocycles. The molecule has 1 N–H and O–H groups in total. The number of ether oxygens (including phenoxy) is 1. The third kappa shape index (κ3) is 6.15.